The summed E-state index contributed by atoms with van der Waals surface area (Å²) in [7, 11) is -3.31. The third-order valence-corrected chi connectivity index (χ3v) is 4.43. The number of benzene rings is 1. The molecule has 1 atom stereocenters. The molecule has 1 aromatic carbocycles. The Hall–Kier alpha value is -0.940. The zero-order chi connectivity index (χ0) is 12.3. The summed E-state index contributed by atoms with van der Waals surface area (Å²) in [4.78, 5) is 0. The summed E-state index contributed by atoms with van der Waals surface area (Å²) in [5, 5.41) is 0. The van der Waals surface area contributed by atoms with Crippen LogP contribution in [0.5, 0.6) is 0 Å². The second kappa shape index (κ2) is 5.14. The molecule has 0 N–H and O–H groups in total. The van der Waals surface area contributed by atoms with Crippen LogP contribution in [0.25, 0.3) is 0 Å². The lowest BCUT2D eigenvalue weighted by molar-refractivity contribution is 0.127. The second-order valence-corrected chi connectivity index (χ2v) is 6.39. The topological polar surface area (TPSA) is 43.4 Å². The number of halogens is 1. The molecule has 0 saturated carbocycles. The third-order valence-electron chi connectivity index (χ3n) is 2.80. The fraction of sp³-hybridized carbons (Fsp3) is 0.500. The van der Waals surface area contributed by atoms with Gasteiger partial charge in [-0.2, -0.15) is 0 Å². The van der Waals surface area contributed by atoms with Crippen LogP contribution < -0.4 is 0 Å². The van der Waals surface area contributed by atoms with E-state index in [1.165, 1.54) is 12.1 Å². The minimum Gasteiger partial charge on any atom is -0.377 e. The lowest BCUT2D eigenvalue weighted by Gasteiger charge is -2.10. The molecular weight excluding hydrogens is 243 g/mol. The molecular formula is C12H15FO3S. The Bertz CT molecular complexity index is 478. The van der Waals surface area contributed by atoms with Gasteiger partial charge in [-0.3, -0.25) is 0 Å². The average Bonchev–Trinajstić information content (AvgIpc) is 2.73. The molecule has 2 rings (SSSR count). The van der Waals surface area contributed by atoms with Crippen LogP contribution in [0.1, 0.15) is 18.4 Å². The van der Waals surface area contributed by atoms with Gasteiger partial charge in [0.2, 0.25) is 0 Å². The quantitative estimate of drug-likeness (QED) is 0.828. The zero-order valence-electron chi connectivity index (χ0n) is 9.43. The first kappa shape index (κ1) is 12.5. The predicted octanol–water partition coefficient (Wildman–Crippen LogP) is 1.92. The second-order valence-electron chi connectivity index (χ2n) is 4.28. The number of sulfone groups is 1. The average molecular weight is 258 g/mol. The summed E-state index contributed by atoms with van der Waals surface area (Å²) < 4.78 is 42.3. The Morgan fingerprint density at radius 1 is 1.35 bits per heavy atom. The van der Waals surface area contributed by atoms with E-state index in [-0.39, 0.29) is 23.2 Å². The van der Waals surface area contributed by atoms with E-state index < -0.39 is 15.7 Å². The summed E-state index contributed by atoms with van der Waals surface area (Å²) in [6, 6.07) is 5.96. The van der Waals surface area contributed by atoms with Gasteiger partial charge in [0.25, 0.3) is 0 Å². The Kier molecular flexibility index (Phi) is 3.79. The van der Waals surface area contributed by atoms with Crippen molar-refractivity contribution in [2.75, 3.05) is 12.4 Å². The van der Waals surface area contributed by atoms with Crippen LogP contribution in [0.2, 0.25) is 0 Å². The van der Waals surface area contributed by atoms with Crippen molar-refractivity contribution in [3.05, 3.63) is 35.6 Å². The maximum absolute atomic E-state index is 13.3. The van der Waals surface area contributed by atoms with Crippen molar-refractivity contribution in [2.24, 2.45) is 0 Å². The molecule has 1 saturated heterocycles. The van der Waals surface area contributed by atoms with Gasteiger partial charge in [-0.1, -0.05) is 18.2 Å². The molecule has 1 unspecified atom stereocenters. The summed E-state index contributed by atoms with van der Waals surface area (Å²) in [6.07, 6.45) is 1.46. The SMILES string of the molecule is O=S(=O)(Cc1ccccc1F)CC1CCCO1. The van der Waals surface area contributed by atoms with Gasteiger partial charge >= 0.3 is 0 Å². The van der Waals surface area contributed by atoms with Crippen LogP contribution in [0.15, 0.2) is 24.3 Å². The largest absolute Gasteiger partial charge is 0.377 e. The highest BCUT2D eigenvalue weighted by Gasteiger charge is 2.24. The molecule has 1 aliphatic rings. The summed E-state index contributed by atoms with van der Waals surface area (Å²) in [5.41, 5.74) is 0.227. The molecule has 0 spiro atoms. The molecule has 94 valence electrons. The third kappa shape index (κ3) is 3.51. The van der Waals surface area contributed by atoms with Gasteiger partial charge in [-0.25, -0.2) is 12.8 Å². The van der Waals surface area contributed by atoms with Gasteiger partial charge in [0.05, 0.1) is 17.6 Å². The van der Waals surface area contributed by atoms with Crippen LogP contribution in [0.3, 0.4) is 0 Å². The fourth-order valence-corrected chi connectivity index (χ4v) is 3.63. The van der Waals surface area contributed by atoms with E-state index in [1.54, 1.807) is 12.1 Å². The van der Waals surface area contributed by atoms with E-state index in [4.69, 9.17) is 4.74 Å². The minimum absolute atomic E-state index is 0.0126. The van der Waals surface area contributed by atoms with Crippen LogP contribution >= 0.6 is 0 Å². The molecule has 3 nitrogen and oxygen atoms in total. The van der Waals surface area contributed by atoms with E-state index >= 15 is 0 Å². The molecule has 1 aromatic rings. The van der Waals surface area contributed by atoms with Crippen LogP contribution in [-0.2, 0) is 20.3 Å². The van der Waals surface area contributed by atoms with E-state index in [0.717, 1.165) is 12.8 Å². The standard InChI is InChI=1S/C12H15FO3S/c13-12-6-2-1-4-10(12)8-17(14,15)9-11-5-3-7-16-11/h1-2,4,6,11H,3,5,7-9H2. The van der Waals surface area contributed by atoms with Gasteiger partial charge < -0.3 is 4.74 Å². The van der Waals surface area contributed by atoms with Crippen molar-refractivity contribution < 1.29 is 17.5 Å². The normalized spacial score (nSPS) is 20.6. The number of ether oxygens (including phenoxy) is 1. The minimum atomic E-state index is -3.31. The van der Waals surface area contributed by atoms with Crippen LogP contribution in [-0.4, -0.2) is 26.9 Å². The lowest BCUT2D eigenvalue weighted by Crippen LogP contribution is -2.21. The molecule has 1 aliphatic heterocycles. The first-order chi connectivity index (χ1) is 8.07. The van der Waals surface area contributed by atoms with Crippen molar-refractivity contribution in [1.82, 2.24) is 0 Å². The fourth-order valence-electron chi connectivity index (χ4n) is 1.97. The monoisotopic (exact) mass is 258 g/mol. The zero-order valence-corrected chi connectivity index (χ0v) is 10.2. The number of hydrogen-bond donors (Lipinski definition) is 0. The van der Waals surface area contributed by atoms with E-state index in [9.17, 15) is 12.8 Å². The van der Waals surface area contributed by atoms with Crippen molar-refractivity contribution in [2.45, 2.75) is 24.7 Å². The molecule has 0 radical (unpaired) electrons. The molecule has 5 heteroatoms. The Balaban J connectivity index is 2.04. The molecule has 0 aliphatic carbocycles. The van der Waals surface area contributed by atoms with Crippen molar-refractivity contribution in [3.8, 4) is 0 Å². The molecule has 17 heavy (non-hydrogen) atoms. The Morgan fingerprint density at radius 2 is 2.12 bits per heavy atom. The van der Waals surface area contributed by atoms with Crippen molar-refractivity contribution in [1.29, 1.82) is 0 Å². The van der Waals surface area contributed by atoms with Gasteiger partial charge in [0.15, 0.2) is 9.84 Å². The smallest absolute Gasteiger partial charge is 0.157 e. The van der Waals surface area contributed by atoms with E-state index in [0.29, 0.717) is 6.61 Å². The first-order valence-electron chi connectivity index (χ1n) is 5.62. The van der Waals surface area contributed by atoms with E-state index in [1.807, 2.05) is 0 Å². The predicted molar refractivity (Wildman–Crippen MR) is 62.9 cm³/mol. The summed E-state index contributed by atoms with van der Waals surface area (Å²) in [6.45, 7) is 0.625. The van der Waals surface area contributed by atoms with Gasteiger partial charge in [0.1, 0.15) is 5.82 Å². The van der Waals surface area contributed by atoms with Crippen LogP contribution in [0.4, 0.5) is 4.39 Å². The molecule has 1 fully saturated rings. The summed E-state index contributed by atoms with van der Waals surface area (Å²) in [5.74, 6) is -0.732. The highest BCUT2D eigenvalue weighted by molar-refractivity contribution is 7.90. The summed E-state index contributed by atoms with van der Waals surface area (Å²) >= 11 is 0. The first-order valence-corrected chi connectivity index (χ1v) is 7.44. The highest BCUT2D eigenvalue weighted by atomic mass is 32.2. The van der Waals surface area contributed by atoms with Gasteiger partial charge in [0, 0.05) is 12.2 Å². The highest BCUT2D eigenvalue weighted by Crippen LogP contribution is 2.17. The number of hydrogen-bond acceptors (Lipinski definition) is 3. The van der Waals surface area contributed by atoms with Crippen LogP contribution in [0, 0.1) is 5.82 Å². The number of rotatable bonds is 4. The van der Waals surface area contributed by atoms with Gasteiger partial charge in [-0.05, 0) is 18.9 Å². The molecule has 0 amide bonds. The Morgan fingerprint density at radius 3 is 2.76 bits per heavy atom. The maximum Gasteiger partial charge on any atom is 0.157 e. The maximum atomic E-state index is 13.3. The molecule has 1 heterocycles. The lowest BCUT2D eigenvalue weighted by atomic mass is 10.2. The molecule has 0 bridgehead atoms. The Labute approximate surface area is 101 Å². The van der Waals surface area contributed by atoms with Crippen molar-refractivity contribution >= 4 is 9.84 Å². The molecule has 0 aromatic heterocycles. The van der Waals surface area contributed by atoms with Gasteiger partial charge in [-0.15, -0.1) is 0 Å². The van der Waals surface area contributed by atoms with Crippen molar-refractivity contribution in [3.63, 3.8) is 0 Å². The van der Waals surface area contributed by atoms with E-state index in [2.05, 4.69) is 0 Å².